The Kier molecular flexibility index (Phi) is 3.92. The Hall–Kier alpha value is -1.88. The van der Waals surface area contributed by atoms with Crippen LogP contribution in [0.1, 0.15) is 22.5 Å². The van der Waals surface area contributed by atoms with Gasteiger partial charge >= 0.3 is 0 Å². The molecule has 0 spiro atoms. The SMILES string of the molecule is COc1ccc2c(c1)CCCN2C(=O)c1cccc(Br)n1. The molecule has 0 unspecified atom stereocenters. The lowest BCUT2D eigenvalue weighted by molar-refractivity contribution is 0.0980. The molecule has 0 aliphatic carbocycles. The molecule has 0 atom stereocenters. The van der Waals surface area contributed by atoms with Crippen LogP contribution in [0.3, 0.4) is 0 Å². The van der Waals surface area contributed by atoms with Gasteiger partial charge in [-0.1, -0.05) is 6.07 Å². The predicted octanol–water partition coefficient (Wildman–Crippen LogP) is 3.45. The van der Waals surface area contributed by atoms with Gasteiger partial charge in [-0.3, -0.25) is 4.79 Å². The van der Waals surface area contributed by atoms with E-state index >= 15 is 0 Å². The number of ether oxygens (including phenoxy) is 1. The third-order valence-electron chi connectivity index (χ3n) is 3.58. The van der Waals surface area contributed by atoms with Gasteiger partial charge in [-0.15, -0.1) is 0 Å². The molecule has 0 bridgehead atoms. The standard InChI is InChI=1S/C16H15BrN2O2/c1-21-12-7-8-14-11(10-12)4-3-9-19(14)16(20)13-5-2-6-15(17)18-13/h2,5-8,10H,3-4,9H2,1H3. The second kappa shape index (κ2) is 5.85. The average Bonchev–Trinajstić information content (AvgIpc) is 2.53. The van der Waals surface area contributed by atoms with Gasteiger partial charge in [0.2, 0.25) is 0 Å². The van der Waals surface area contributed by atoms with Crippen molar-refractivity contribution in [1.29, 1.82) is 0 Å². The minimum absolute atomic E-state index is 0.0672. The van der Waals surface area contributed by atoms with Gasteiger partial charge in [-0.2, -0.15) is 0 Å². The van der Waals surface area contributed by atoms with Crippen LogP contribution in [0, 0.1) is 0 Å². The van der Waals surface area contributed by atoms with Crippen LogP contribution < -0.4 is 9.64 Å². The second-order valence-corrected chi connectivity index (χ2v) is 5.71. The smallest absolute Gasteiger partial charge is 0.276 e. The van der Waals surface area contributed by atoms with Crippen molar-refractivity contribution >= 4 is 27.5 Å². The molecule has 21 heavy (non-hydrogen) atoms. The largest absolute Gasteiger partial charge is 0.497 e. The minimum atomic E-state index is -0.0672. The Labute approximate surface area is 131 Å². The summed E-state index contributed by atoms with van der Waals surface area (Å²) in [5.74, 6) is 0.756. The monoisotopic (exact) mass is 346 g/mol. The molecule has 0 radical (unpaired) electrons. The number of fused-ring (bicyclic) bond motifs is 1. The van der Waals surface area contributed by atoms with Gasteiger partial charge in [0.15, 0.2) is 0 Å². The summed E-state index contributed by atoms with van der Waals surface area (Å²) in [4.78, 5) is 18.7. The van der Waals surface area contributed by atoms with E-state index in [1.165, 1.54) is 0 Å². The number of pyridine rings is 1. The van der Waals surface area contributed by atoms with Gasteiger partial charge in [-0.05, 0) is 64.7 Å². The summed E-state index contributed by atoms with van der Waals surface area (Å²) < 4.78 is 5.92. The quantitative estimate of drug-likeness (QED) is 0.782. The number of rotatable bonds is 2. The number of halogens is 1. The Morgan fingerprint density at radius 1 is 1.33 bits per heavy atom. The van der Waals surface area contributed by atoms with E-state index in [4.69, 9.17) is 4.74 Å². The number of nitrogens with zero attached hydrogens (tertiary/aromatic N) is 2. The summed E-state index contributed by atoms with van der Waals surface area (Å²) in [7, 11) is 1.65. The summed E-state index contributed by atoms with van der Waals surface area (Å²) in [5, 5.41) is 0. The lowest BCUT2D eigenvalue weighted by Crippen LogP contribution is -2.36. The topological polar surface area (TPSA) is 42.4 Å². The van der Waals surface area contributed by atoms with Gasteiger partial charge in [0.1, 0.15) is 16.0 Å². The summed E-state index contributed by atoms with van der Waals surface area (Å²) >= 11 is 3.31. The Balaban J connectivity index is 1.96. The molecule has 0 saturated carbocycles. The fraction of sp³-hybridized carbons (Fsp3) is 0.250. The minimum Gasteiger partial charge on any atom is -0.497 e. The third kappa shape index (κ3) is 2.78. The van der Waals surface area contributed by atoms with E-state index in [1.54, 1.807) is 18.1 Å². The molecule has 4 nitrogen and oxygen atoms in total. The zero-order valence-corrected chi connectivity index (χ0v) is 13.3. The average molecular weight is 347 g/mol. The maximum absolute atomic E-state index is 12.7. The number of benzene rings is 1. The molecule has 1 aromatic heterocycles. The molecule has 0 saturated heterocycles. The van der Waals surface area contributed by atoms with Crippen molar-refractivity contribution in [1.82, 2.24) is 4.98 Å². The molecule has 3 rings (SSSR count). The number of methoxy groups -OCH3 is 1. The predicted molar refractivity (Wildman–Crippen MR) is 84.9 cm³/mol. The maximum atomic E-state index is 12.7. The van der Waals surface area contributed by atoms with Crippen LogP contribution in [-0.2, 0) is 6.42 Å². The van der Waals surface area contributed by atoms with Crippen LogP contribution >= 0.6 is 15.9 Å². The molecule has 1 aliphatic rings. The van der Waals surface area contributed by atoms with E-state index in [2.05, 4.69) is 20.9 Å². The van der Waals surface area contributed by atoms with Gasteiger partial charge in [0, 0.05) is 12.2 Å². The number of carbonyl (C=O) groups is 1. The number of hydrogen-bond donors (Lipinski definition) is 0. The Morgan fingerprint density at radius 3 is 2.95 bits per heavy atom. The summed E-state index contributed by atoms with van der Waals surface area (Å²) in [6.45, 7) is 0.715. The molecule has 1 aromatic carbocycles. The number of aryl methyl sites for hydroxylation is 1. The van der Waals surface area contributed by atoms with Crippen molar-refractivity contribution < 1.29 is 9.53 Å². The van der Waals surface area contributed by atoms with E-state index < -0.39 is 0 Å². The van der Waals surface area contributed by atoms with Crippen LogP contribution in [0.2, 0.25) is 0 Å². The normalized spacial score (nSPS) is 13.7. The molecule has 108 valence electrons. The van der Waals surface area contributed by atoms with Crippen LogP contribution in [0.4, 0.5) is 5.69 Å². The second-order valence-electron chi connectivity index (χ2n) is 4.90. The molecular weight excluding hydrogens is 332 g/mol. The van der Waals surface area contributed by atoms with Gasteiger partial charge < -0.3 is 9.64 Å². The van der Waals surface area contributed by atoms with E-state index in [1.807, 2.05) is 30.3 Å². The van der Waals surface area contributed by atoms with E-state index in [0.29, 0.717) is 16.8 Å². The Bertz CT molecular complexity index is 688. The fourth-order valence-electron chi connectivity index (χ4n) is 2.58. The highest BCUT2D eigenvalue weighted by atomic mass is 79.9. The van der Waals surface area contributed by atoms with Crippen LogP contribution in [-0.4, -0.2) is 24.5 Å². The highest BCUT2D eigenvalue weighted by Crippen LogP contribution is 2.31. The van der Waals surface area contributed by atoms with Crippen LogP contribution in [0.25, 0.3) is 0 Å². The summed E-state index contributed by atoms with van der Waals surface area (Å²) in [6, 6.07) is 11.2. The van der Waals surface area contributed by atoms with Gasteiger partial charge in [-0.25, -0.2) is 4.98 Å². The highest BCUT2D eigenvalue weighted by molar-refractivity contribution is 9.10. The summed E-state index contributed by atoms with van der Waals surface area (Å²) in [5.41, 5.74) is 2.55. The summed E-state index contributed by atoms with van der Waals surface area (Å²) in [6.07, 6.45) is 1.90. The van der Waals surface area contributed by atoms with Crippen LogP contribution in [0.5, 0.6) is 5.75 Å². The first-order valence-corrected chi connectivity index (χ1v) is 7.59. The van der Waals surface area contributed by atoms with Crippen molar-refractivity contribution in [2.24, 2.45) is 0 Å². The number of hydrogen-bond acceptors (Lipinski definition) is 3. The molecular formula is C16H15BrN2O2. The number of amides is 1. The third-order valence-corrected chi connectivity index (χ3v) is 4.03. The lowest BCUT2D eigenvalue weighted by atomic mass is 10.0. The zero-order valence-electron chi connectivity index (χ0n) is 11.7. The van der Waals surface area contributed by atoms with Gasteiger partial charge in [0.25, 0.3) is 5.91 Å². The van der Waals surface area contributed by atoms with Crippen molar-refractivity contribution in [2.75, 3.05) is 18.6 Å². The van der Waals surface area contributed by atoms with E-state index in [9.17, 15) is 4.79 Å². The fourth-order valence-corrected chi connectivity index (χ4v) is 2.92. The number of aromatic nitrogens is 1. The van der Waals surface area contributed by atoms with Crippen molar-refractivity contribution in [3.05, 3.63) is 52.3 Å². The first kappa shape index (κ1) is 14.1. The molecule has 0 N–H and O–H groups in total. The van der Waals surface area contributed by atoms with Gasteiger partial charge in [0.05, 0.1) is 7.11 Å². The maximum Gasteiger partial charge on any atom is 0.276 e. The first-order valence-electron chi connectivity index (χ1n) is 6.80. The van der Waals surface area contributed by atoms with E-state index in [-0.39, 0.29) is 5.91 Å². The first-order chi connectivity index (χ1) is 10.2. The molecule has 2 heterocycles. The molecule has 0 fully saturated rings. The molecule has 1 aliphatic heterocycles. The van der Waals surface area contributed by atoms with E-state index in [0.717, 1.165) is 29.8 Å². The van der Waals surface area contributed by atoms with Crippen LogP contribution in [0.15, 0.2) is 41.0 Å². The van der Waals surface area contributed by atoms with Crippen molar-refractivity contribution in [3.63, 3.8) is 0 Å². The molecule has 5 heteroatoms. The Morgan fingerprint density at radius 2 is 2.19 bits per heavy atom. The molecule has 1 amide bonds. The lowest BCUT2D eigenvalue weighted by Gasteiger charge is -2.29. The zero-order chi connectivity index (χ0) is 14.8. The molecule has 2 aromatic rings. The number of carbonyl (C=O) groups excluding carboxylic acids is 1. The number of anilines is 1. The van der Waals surface area contributed by atoms with Crippen molar-refractivity contribution in [2.45, 2.75) is 12.8 Å². The highest BCUT2D eigenvalue weighted by Gasteiger charge is 2.24. The van der Waals surface area contributed by atoms with Crippen molar-refractivity contribution in [3.8, 4) is 5.75 Å².